The van der Waals surface area contributed by atoms with Crippen LogP contribution in [0.25, 0.3) is 11.0 Å². The zero-order valence-electron chi connectivity index (χ0n) is 9.56. The maximum atomic E-state index is 13.3. The van der Waals surface area contributed by atoms with Gasteiger partial charge in [-0.2, -0.15) is 8.42 Å². The average Bonchev–Trinajstić information content (AvgIpc) is 2.97. The zero-order chi connectivity index (χ0) is 12.8. The van der Waals surface area contributed by atoms with Crippen LogP contribution in [0.15, 0.2) is 17.3 Å². The molecule has 1 saturated carbocycles. The van der Waals surface area contributed by atoms with E-state index in [2.05, 4.69) is 15.0 Å². The van der Waals surface area contributed by atoms with E-state index in [1.54, 1.807) is 0 Å². The van der Waals surface area contributed by atoms with Gasteiger partial charge in [0.2, 0.25) is 0 Å². The van der Waals surface area contributed by atoms with E-state index in [0.717, 1.165) is 25.7 Å². The maximum absolute atomic E-state index is 13.3. The molecule has 2 aromatic heterocycles. The first-order chi connectivity index (χ1) is 8.55. The van der Waals surface area contributed by atoms with Gasteiger partial charge in [-0.1, -0.05) is 16.7 Å². The molecule has 1 aliphatic carbocycles. The third kappa shape index (κ3) is 1.88. The van der Waals surface area contributed by atoms with Crippen molar-refractivity contribution in [2.45, 2.75) is 36.6 Å². The molecule has 96 valence electrons. The molecule has 5 nitrogen and oxygen atoms in total. The fourth-order valence-corrected chi connectivity index (χ4v) is 3.11. The first kappa shape index (κ1) is 11.6. The van der Waals surface area contributed by atoms with Crippen molar-refractivity contribution in [3.05, 3.63) is 18.1 Å². The minimum atomic E-state index is -4.82. The van der Waals surface area contributed by atoms with Gasteiger partial charge in [0.15, 0.2) is 5.03 Å². The average molecular weight is 269 g/mol. The normalized spacial score (nSPS) is 17.6. The number of nitrogens with zero attached hydrogens (tertiary/aromatic N) is 2. The lowest BCUT2D eigenvalue weighted by atomic mass is 10.1. The molecule has 0 aliphatic heterocycles. The predicted molar refractivity (Wildman–Crippen MR) is 63.4 cm³/mol. The smallest absolute Gasteiger partial charge is 0.346 e. The van der Waals surface area contributed by atoms with E-state index in [4.69, 9.17) is 0 Å². The minimum Gasteiger partial charge on any atom is -0.346 e. The second-order valence-corrected chi connectivity index (χ2v) is 5.81. The van der Waals surface area contributed by atoms with Crippen LogP contribution in [-0.4, -0.2) is 23.4 Å². The van der Waals surface area contributed by atoms with E-state index in [0.29, 0.717) is 11.5 Å². The number of fused-ring (bicyclic) bond motifs is 1. The van der Waals surface area contributed by atoms with Crippen molar-refractivity contribution in [3.8, 4) is 0 Å². The van der Waals surface area contributed by atoms with Crippen LogP contribution < -0.4 is 0 Å². The Balaban J connectivity index is 2.23. The summed E-state index contributed by atoms with van der Waals surface area (Å²) in [7, 11) is -4.82. The highest BCUT2D eigenvalue weighted by Gasteiger charge is 2.25. The summed E-state index contributed by atoms with van der Waals surface area (Å²) < 4.78 is 35.5. The lowest BCUT2D eigenvalue weighted by Crippen LogP contribution is -2.06. The Morgan fingerprint density at radius 3 is 2.67 bits per heavy atom. The van der Waals surface area contributed by atoms with E-state index in [1.165, 1.54) is 12.3 Å². The number of nitrogens with one attached hydrogen (secondary N) is 1. The van der Waals surface area contributed by atoms with Crippen LogP contribution in [0.2, 0.25) is 0 Å². The van der Waals surface area contributed by atoms with Gasteiger partial charge in [-0.05, 0) is 18.9 Å². The maximum Gasteiger partial charge on any atom is 0.350 e. The highest BCUT2D eigenvalue weighted by molar-refractivity contribution is 7.86. The molecule has 1 aliphatic rings. The number of rotatable bonds is 2. The Morgan fingerprint density at radius 2 is 2.00 bits per heavy atom. The molecule has 0 saturated heterocycles. The highest BCUT2D eigenvalue weighted by atomic mass is 32.3. The van der Waals surface area contributed by atoms with Crippen LogP contribution in [0, 0.1) is 0 Å². The second-order valence-electron chi connectivity index (χ2n) is 4.55. The summed E-state index contributed by atoms with van der Waals surface area (Å²) in [6, 6.07) is 1.47. The second kappa shape index (κ2) is 4.01. The molecular formula is C11H12FN3O2S. The molecule has 18 heavy (non-hydrogen) atoms. The van der Waals surface area contributed by atoms with Crippen molar-refractivity contribution in [1.82, 2.24) is 15.0 Å². The Kier molecular flexibility index (Phi) is 2.58. The molecule has 0 spiro atoms. The Hall–Kier alpha value is -1.50. The summed E-state index contributed by atoms with van der Waals surface area (Å²) in [4.78, 5) is 11.0. The van der Waals surface area contributed by atoms with Gasteiger partial charge in [0.1, 0.15) is 11.5 Å². The lowest BCUT2D eigenvalue weighted by Gasteiger charge is -2.08. The molecule has 0 unspecified atom stereocenters. The van der Waals surface area contributed by atoms with Crippen molar-refractivity contribution in [3.63, 3.8) is 0 Å². The molecule has 2 aromatic rings. The predicted octanol–water partition coefficient (Wildman–Crippen LogP) is 2.27. The van der Waals surface area contributed by atoms with Crippen molar-refractivity contribution < 1.29 is 12.3 Å². The Morgan fingerprint density at radius 1 is 1.28 bits per heavy atom. The standard InChI is InChI=1S/C11H12FN3O2S/c12-18(16,17)11-8-5-6-13-10(8)14-9(15-11)7-3-1-2-4-7/h5-7H,1-4H2,(H,13,14,15). The molecule has 3 rings (SSSR count). The Labute approximate surface area is 104 Å². The van der Waals surface area contributed by atoms with Gasteiger partial charge < -0.3 is 4.98 Å². The number of aromatic amines is 1. The zero-order valence-corrected chi connectivity index (χ0v) is 10.4. The van der Waals surface area contributed by atoms with Crippen molar-refractivity contribution >= 4 is 21.3 Å². The summed E-state index contributed by atoms with van der Waals surface area (Å²) >= 11 is 0. The summed E-state index contributed by atoms with van der Waals surface area (Å²) in [6.07, 6.45) is 5.55. The highest BCUT2D eigenvalue weighted by Crippen LogP contribution is 2.33. The molecule has 0 radical (unpaired) electrons. The van der Waals surface area contributed by atoms with Crippen molar-refractivity contribution in [1.29, 1.82) is 0 Å². The van der Waals surface area contributed by atoms with E-state index < -0.39 is 15.2 Å². The molecule has 1 fully saturated rings. The summed E-state index contributed by atoms with van der Waals surface area (Å²) in [5, 5.41) is -0.310. The van der Waals surface area contributed by atoms with E-state index >= 15 is 0 Å². The van der Waals surface area contributed by atoms with Crippen LogP contribution >= 0.6 is 0 Å². The van der Waals surface area contributed by atoms with Gasteiger partial charge in [-0.25, -0.2) is 9.97 Å². The van der Waals surface area contributed by atoms with Crippen LogP contribution in [0.4, 0.5) is 3.89 Å². The van der Waals surface area contributed by atoms with E-state index in [-0.39, 0.29) is 11.3 Å². The molecule has 7 heteroatoms. The van der Waals surface area contributed by atoms with Crippen molar-refractivity contribution in [2.24, 2.45) is 0 Å². The molecule has 0 bridgehead atoms. The van der Waals surface area contributed by atoms with Crippen LogP contribution in [0.5, 0.6) is 0 Å². The fourth-order valence-electron chi connectivity index (χ4n) is 2.48. The SMILES string of the molecule is O=S(=O)(F)c1nc(C2CCCC2)nc2[nH]ccc12. The third-order valence-electron chi connectivity index (χ3n) is 3.35. The van der Waals surface area contributed by atoms with Crippen LogP contribution in [-0.2, 0) is 10.2 Å². The lowest BCUT2D eigenvalue weighted by molar-refractivity contribution is 0.546. The number of H-pyrrole nitrogens is 1. The molecule has 0 atom stereocenters. The van der Waals surface area contributed by atoms with Gasteiger partial charge in [0, 0.05) is 12.1 Å². The van der Waals surface area contributed by atoms with E-state index in [9.17, 15) is 12.3 Å². The minimum absolute atomic E-state index is 0.137. The summed E-state index contributed by atoms with van der Waals surface area (Å²) in [6.45, 7) is 0. The topological polar surface area (TPSA) is 75.7 Å². The van der Waals surface area contributed by atoms with Crippen molar-refractivity contribution in [2.75, 3.05) is 0 Å². The van der Waals surface area contributed by atoms with E-state index in [1.807, 2.05) is 0 Å². The summed E-state index contributed by atoms with van der Waals surface area (Å²) in [5.74, 6) is 0.567. The van der Waals surface area contributed by atoms with Gasteiger partial charge in [0.25, 0.3) is 0 Å². The number of halogens is 1. The molecular weight excluding hydrogens is 257 g/mol. The van der Waals surface area contributed by atoms with Crippen LogP contribution in [0.1, 0.15) is 37.4 Å². The van der Waals surface area contributed by atoms with Gasteiger partial charge in [-0.3, -0.25) is 0 Å². The van der Waals surface area contributed by atoms with Gasteiger partial charge >= 0.3 is 10.2 Å². The third-order valence-corrected chi connectivity index (χ3v) is 4.12. The quantitative estimate of drug-likeness (QED) is 0.670. The largest absolute Gasteiger partial charge is 0.350 e. The van der Waals surface area contributed by atoms with Crippen LogP contribution in [0.3, 0.4) is 0 Å². The summed E-state index contributed by atoms with van der Waals surface area (Å²) in [5.41, 5.74) is 0.378. The number of hydrogen-bond acceptors (Lipinski definition) is 4. The number of aromatic nitrogens is 3. The monoisotopic (exact) mass is 269 g/mol. The number of hydrogen-bond donors (Lipinski definition) is 1. The first-order valence-corrected chi connectivity index (χ1v) is 7.24. The Bertz CT molecular complexity index is 689. The molecule has 1 N–H and O–H groups in total. The molecule has 2 heterocycles. The van der Waals surface area contributed by atoms with Gasteiger partial charge in [-0.15, -0.1) is 0 Å². The molecule has 0 amide bonds. The molecule has 0 aromatic carbocycles. The fraction of sp³-hybridized carbons (Fsp3) is 0.455. The first-order valence-electron chi connectivity index (χ1n) is 5.85. The van der Waals surface area contributed by atoms with Gasteiger partial charge in [0.05, 0.1) is 5.39 Å².